The highest BCUT2D eigenvalue weighted by atomic mass is 32.2. The predicted octanol–water partition coefficient (Wildman–Crippen LogP) is 7.63. The molecule has 1 aliphatic heterocycles. The van der Waals surface area contributed by atoms with Crippen LogP contribution in [0.4, 0.5) is 4.79 Å². The normalized spacial score (nSPS) is 22.9. The molecule has 3 N–H and O–H groups in total. The van der Waals surface area contributed by atoms with Gasteiger partial charge in [0.2, 0.25) is 21.8 Å². The molecule has 15 nitrogen and oxygen atoms in total. The molecule has 1 aromatic carbocycles. The summed E-state index contributed by atoms with van der Waals surface area (Å²) in [6, 6.07) is 3.21. The number of sulfonamides is 1. The number of carbonyl (C=O) groups excluding carboxylic acids is 4. The lowest BCUT2D eigenvalue weighted by atomic mass is 10.0. The van der Waals surface area contributed by atoms with Crippen LogP contribution >= 0.6 is 11.3 Å². The van der Waals surface area contributed by atoms with Crippen molar-refractivity contribution in [2.24, 2.45) is 5.92 Å². The number of fused-ring (bicyclic) bond motifs is 1. The second-order valence-electron chi connectivity index (χ2n) is 19.3. The second-order valence-corrected chi connectivity index (χ2v) is 22.3. The van der Waals surface area contributed by atoms with Gasteiger partial charge in [0, 0.05) is 34.7 Å². The number of hydrogen-bond acceptors (Lipinski definition) is 12. The fraction of sp³-hybridized carbons (Fsp3) is 0.574. The molecule has 1 unspecified atom stereocenters. The van der Waals surface area contributed by atoms with E-state index in [0.717, 1.165) is 30.5 Å². The van der Waals surface area contributed by atoms with E-state index < -0.39 is 73.3 Å². The molecule has 4 amide bonds. The van der Waals surface area contributed by atoms with Crippen molar-refractivity contribution in [2.75, 3.05) is 13.7 Å². The van der Waals surface area contributed by atoms with Crippen LogP contribution < -0.4 is 24.8 Å². The number of thiazole rings is 1. The van der Waals surface area contributed by atoms with E-state index in [1.807, 2.05) is 43.5 Å². The number of nitrogens with zero attached hydrogens (tertiary/aromatic N) is 3. The van der Waals surface area contributed by atoms with Gasteiger partial charge in [-0.3, -0.25) is 19.1 Å². The van der Waals surface area contributed by atoms with Crippen molar-refractivity contribution < 1.29 is 41.8 Å². The Labute approximate surface area is 381 Å². The van der Waals surface area contributed by atoms with Gasteiger partial charge >= 0.3 is 6.09 Å². The highest BCUT2D eigenvalue weighted by molar-refractivity contribution is 7.91. The van der Waals surface area contributed by atoms with Crippen LogP contribution in [0.25, 0.3) is 21.6 Å². The van der Waals surface area contributed by atoms with Gasteiger partial charge < -0.3 is 29.7 Å². The average molecular weight is 921 g/mol. The first-order valence-corrected chi connectivity index (χ1v) is 24.4. The number of aromatic nitrogens is 2. The third-order valence-electron chi connectivity index (χ3n) is 12.4. The number of methoxy groups -OCH3 is 1. The van der Waals surface area contributed by atoms with Crippen LogP contribution in [-0.2, 0) is 29.1 Å². The van der Waals surface area contributed by atoms with Gasteiger partial charge in [-0.1, -0.05) is 38.8 Å². The zero-order valence-electron chi connectivity index (χ0n) is 38.6. The Hall–Kier alpha value is -5.03. The molecule has 348 valence electrons. The lowest BCUT2D eigenvalue weighted by Crippen LogP contribution is -2.58. The van der Waals surface area contributed by atoms with Gasteiger partial charge in [-0.05, 0) is 98.1 Å². The van der Waals surface area contributed by atoms with Gasteiger partial charge in [0.25, 0.3) is 5.91 Å². The summed E-state index contributed by atoms with van der Waals surface area (Å²) in [5.74, 6) is -1.37. The van der Waals surface area contributed by atoms with E-state index in [-0.39, 0.29) is 31.7 Å². The Morgan fingerprint density at radius 3 is 2.36 bits per heavy atom. The highest BCUT2D eigenvalue weighted by Crippen LogP contribution is 2.48. The molecule has 17 heteroatoms. The summed E-state index contributed by atoms with van der Waals surface area (Å²) < 4.78 is 45.9. The van der Waals surface area contributed by atoms with Crippen molar-refractivity contribution >= 4 is 56.1 Å². The van der Waals surface area contributed by atoms with Crippen LogP contribution in [0.15, 0.2) is 48.9 Å². The summed E-state index contributed by atoms with van der Waals surface area (Å²) in [6.45, 7) is 22.1. The number of carbonyl (C=O) groups is 4. The first-order valence-electron chi connectivity index (χ1n) is 22.0. The molecule has 1 saturated heterocycles. The monoisotopic (exact) mass is 920 g/mol. The van der Waals surface area contributed by atoms with E-state index in [1.54, 1.807) is 34.8 Å². The first kappa shape index (κ1) is 48.4. The van der Waals surface area contributed by atoms with E-state index in [4.69, 9.17) is 24.2 Å². The molecule has 2 aliphatic carbocycles. The van der Waals surface area contributed by atoms with Crippen LogP contribution in [0, 0.1) is 12.8 Å². The topological polar surface area (TPSA) is 195 Å². The SMILES string of the molecule is C=CCCCCC[C@H](NC(=O)OC(C)(C)C)C(=O)N1CC(C)(Oc2cc(-c3nc(C(C)C)cs3)nc3c(C)c(OC)ccc23)C[C@H]1C(=O)N[C@]1(C(=O)NS(=O)(=O)C2(C)CC2)C[C@H]1C=C. The number of alkyl carbamates (subject to hydrolysis) is 1. The summed E-state index contributed by atoms with van der Waals surface area (Å²) in [5, 5.41) is 9.02. The first-order chi connectivity index (χ1) is 30.0. The van der Waals surface area contributed by atoms with E-state index >= 15 is 0 Å². The third-order valence-corrected chi connectivity index (χ3v) is 15.5. The highest BCUT2D eigenvalue weighted by Gasteiger charge is 2.63. The largest absolute Gasteiger partial charge is 0.496 e. The van der Waals surface area contributed by atoms with Crippen molar-refractivity contribution in [3.63, 3.8) is 0 Å². The summed E-state index contributed by atoms with van der Waals surface area (Å²) in [5.41, 5.74) is -0.770. The minimum Gasteiger partial charge on any atom is -0.496 e. The number of unbranched alkanes of at least 4 members (excludes halogenated alkanes) is 3. The van der Waals surface area contributed by atoms with Crippen LogP contribution in [0.1, 0.15) is 123 Å². The molecule has 0 spiro atoms. The number of allylic oxidation sites excluding steroid dienone is 1. The van der Waals surface area contributed by atoms with Gasteiger partial charge in [0.15, 0.2) is 0 Å². The minimum absolute atomic E-state index is 0.0288. The van der Waals surface area contributed by atoms with Crippen LogP contribution in [0.2, 0.25) is 0 Å². The maximum absolute atomic E-state index is 15.0. The number of ether oxygens (including phenoxy) is 3. The van der Waals surface area contributed by atoms with Gasteiger partial charge in [-0.15, -0.1) is 24.5 Å². The number of rotatable bonds is 19. The quantitative estimate of drug-likeness (QED) is 0.0791. The number of hydrogen-bond donors (Lipinski definition) is 3. The van der Waals surface area contributed by atoms with E-state index in [9.17, 15) is 27.6 Å². The minimum atomic E-state index is -4.04. The fourth-order valence-electron chi connectivity index (χ4n) is 8.16. The maximum atomic E-state index is 15.0. The van der Waals surface area contributed by atoms with Crippen LogP contribution in [0.5, 0.6) is 11.5 Å². The molecule has 2 aromatic heterocycles. The zero-order valence-corrected chi connectivity index (χ0v) is 40.2. The molecule has 3 aromatic rings. The van der Waals surface area contributed by atoms with E-state index in [2.05, 4.69) is 42.4 Å². The molecule has 3 heterocycles. The summed E-state index contributed by atoms with van der Waals surface area (Å²) in [6.07, 6.45) is 6.70. The molecule has 64 heavy (non-hydrogen) atoms. The summed E-state index contributed by atoms with van der Waals surface area (Å²) in [4.78, 5) is 68.3. The second kappa shape index (κ2) is 18.5. The Balaban J connectivity index is 1.39. The molecule has 6 rings (SSSR count). The van der Waals surface area contributed by atoms with Gasteiger partial charge in [-0.2, -0.15) is 0 Å². The molecule has 0 radical (unpaired) electrons. The molecule has 3 aliphatic rings. The van der Waals surface area contributed by atoms with Gasteiger partial charge in [0.05, 0.1) is 29.6 Å². The number of likely N-dealkylation sites (tertiary alicyclic amines) is 1. The average Bonchev–Trinajstić information content (AvgIpc) is 4.03. The van der Waals surface area contributed by atoms with Gasteiger partial charge in [-0.25, -0.2) is 23.2 Å². The molecule has 0 bridgehead atoms. The Kier molecular flexibility index (Phi) is 14.0. The van der Waals surface area contributed by atoms with Crippen molar-refractivity contribution in [1.29, 1.82) is 0 Å². The van der Waals surface area contributed by atoms with Crippen molar-refractivity contribution in [3.05, 3.63) is 60.1 Å². The Morgan fingerprint density at radius 1 is 1.05 bits per heavy atom. The fourth-order valence-corrected chi connectivity index (χ4v) is 10.4. The molecular weight excluding hydrogens is 857 g/mol. The Morgan fingerprint density at radius 2 is 1.77 bits per heavy atom. The van der Waals surface area contributed by atoms with Crippen molar-refractivity contribution in [2.45, 2.75) is 153 Å². The summed E-state index contributed by atoms with van der Waals surface area (Å²) in [7, 11) is -2.45. The maximum Gasteiger partial charge on any atom is 0.408 e. The zero-order chi connectivity index (χ0) is 47.0. The van der Waals surface area contributed by atoms with Crippen LogP contribution in [0.3, 0.4) is 0 Å². The number of nitrogens with one attached hydrogen (secondary N) is 3. The van der Waals surface area contributed by atoms with Gasteiger partial charge in [0.1, 0.15) is 51.0 Å². The smallest absolute Gasteiger partial charge is 0.408 e. The van der Waals surface area contributed by atoms with Crippen molar-refractivity contribution in [3.8, 4) is 22.2 Å². The standard InChI is InChI=1S/C47H64N6O9S2/c1-12-14-15-16-17-18-32(50-43(57)62-44(6,7)8)41(55)53-27-45(9,25-35(53)39(54)51-47(24-30(47)13-2)42(56)52-64(58,59)46(10)21-22-46)61-37-23-33(40-49-34(26-63-40)28(3)4)48-38-29(5)36(60-11)20-19-31(37)38/h12-13,19-20,23,26,28,30,32,35H,1-2,14-18,21-22,24-25,27H2,3-11H3,(H,50,57)(H,51,54)(H,52,56)/t30-,32+,35+,45?,47-/m1/s1. The molecule has 5 atom stereocenters. The lowest BCUT2D eigenvalue weighted by Gasteiger charge is -2.31. The summed E-state index contributed by atoms with van der Waals surface area (Å²) >= 11 is 1.47. The molecular formula is C47H64N6O9S2. The number of benzene rings is 1. The third kappa shape index (κ3) is 10.4. The number of aryl methyl sites for hydroxylation is 1. The Bertz CT molecular complexity index is 2420. The number of amides is 4. The number of pyridine rings is 1. The molecule has 3 fully saturated rings. The van der Waals surface area contributed by atoms with E-state index in [0.29, 0.717) is 52.4 Å². The van der Waals surface area contributed by atoms with Crippen LogP contribution in [-0.4, -0.2) is 94.3 Å². The predicted molar refractivity (Wildman–Crippen MR) is 248 cm³/mol. The van der Waals surface area contributed by atoms with E-state index in [1.165, 1.54) is 22.3 Å². The molecule has 2 saturated carbocycles. The van der Waals surface area contributed by atoms with Crippen molar-refractivity contribution in [1.82, 2.24) is 30.2 Å². The lowest BCUT2D eigenvalue weighted by molar-refractivity contribution is -0.141.